The molecule has 0 amide bonds. The molecule has 2 aromatic heterocycles. The van der Waals surface area contributed by atoms with E-state index in [0.717, 1.165) is 17.2 Å². The molecule has 114 valence electrons. The molecule has 1 aromatic carbocycles. The fourth-order valence-electron chi connectivity index (χ4n) is 2.42. The number of hydrogen-bond donors (Lipinski definition) is 0. The first-order valence-electron chi connectivity index (χ1n) is 7.37. The molecule has 0 saturated carbocycles. The Morgan fingerprint density at radius 1 is 1.23 bits per heavy atom. The summed E-state index contributed by atoms with van der Waals surface area (Å²) < 4.78 is 1.59. The van der Waals surface area contributed by atoms with Crippen molar-refractivity contribution in [3.63, 3.8) is 0 Å². The first-order valence-corrected chi connectivity index (χ1v) is 8.25. The maximum atomic E-state index is 12.1. The molecular weight excluding hydrogens is 294 g/mol. The number of hydrogen-bond acceptors (Lipinski definition) is 4. The summed E-state index contributed by atoms with van der Waals surface area (Å²) >= 11 is 1.49. The summed E-state index contributed by atoms with van der Waals surface area (Å²) in [6.45, 7) is 5.86. The monoisotopic (exact) mass is 313 g/mol. The molecule has 0 aliphatic rings. The van der Waals surface area contributed by atoms with Crippen LogP contribution in [0.2, 0.25) is 0 Å². The fourth-order valence-corrected chi connectivity index (χ4v) is 3.15. The van der Waals surface area contributed by atoms with E-state index in [4.69, 9.17) is 0 Å². The standard InChI is InChI=1S/C17H19N3OS/c1-13(2)19(11-14-6-4-3-5-7-14)12-15-10-16(21)20-8-9-22-17(20)18-15/h3-10,13H,11-12H2,1-2H3. The number of thiazole rings is 1. The fraction of sp³-hybridized carbons (Fsp3) is 0.294. The van der Waals surface area contributed by atoms with Crippen LogP contribution in [0.15, 0.2) is 52.8 Å². The molecule has 0 aliphatic heterocycles. The SMILES string of the molecule is CC(C)N(Cc1ccccc1)Cc1cc(=O)n2ccsc2n1. The second kappa shape index (κ2) is 6.42. The molecule has 0 radical (unpaired) electrons. The maximum Gasteiger partial charge on any atom is 0.258 e. The van der Waals surface area contributed by atoms with Gasteiger partial charge in [0.2, 0.25) is 0 Å². The minimum atomic E-state index is -0.00957. The molecule has 4 nitrogen and oxygen atoms in total. The third-order valence-corrected chi connectivity index (χ3v) is 4.44. The molecule has 5 heteroatoms. The third kappa shape index (κ3) is 3.26. The summed E-state index contributed by atoms with van der Waals surface area (Å²) in [5.74, 6) is 0. The van der Waals surface area contributed by atoms with Gasteiger partial charge in [-0.25, -0.2) is 4.98 Å². The highest BCUT2D eigenvalue weighted by atomic mass is 32.1. The van der Waals surface area contributed by atoms with Gasteiger partial charge in [-0.05, 0) is 19.4 Å². The van der Waals surface area contributed by atoms with Crippen LogP contribution in [-0.2, 0) is 13.1 Å². The minimum Gasteiger partial charge on any atom is -0.291 e. The Bertz CT molecular complexity index is 807. The van der Waals surface area contributed by atoms with E-state index in [1.807, 2.05) is 11.4 Å². The van der Waals surface area contributed by atoms with Crippen LogP contribution in [0.1, 0.15) is 25.1 Å². The van der Waals surface area contributed by atoms with Crippen molar-refractivity contribution < 1.29 is 0 Å². The van der Waals surface area contributed by atoms with Crippen molar-refractivity contribution in [2.75, 3.05) is 0 Å². The maximum absolute atomic E-state index is 12.1. The number of benzene rings is 1. The number of nitrogens with zero attached hydrogens (tertiary/aromatic N) is 3. The molecular formula is C17H19N3OS. The average molecular weight is 313 g/mol. The second-order valence-electron chi connectivity index (χ2n) is 5.63. The van der Waals surface area contributed by atoms with Crippen molar-refractivity contribution >= 4 is 16.3 Å². The first-order chi connectivity index (χ1) is 10.6. The Morgan fingerprint density at radius 2 is 2.00 bits per heavy atom. The van der Waals surface area contributed by atoms with Crippen molar-refractivity contribution in [3.8, 4) is 0 Å². The summed E-state index contributed by atoms with van der Waals surface area (Å²) in [7, 11) is 0. The molecule has 0 aliphatic carbocycles. The van der Waals surface area contributed by atoms with Crippen LogP contribution in [0, 0.1) is 0 Å². The van der Waals surface area contributed by atoms with Crippen molar-refractivity contribution in [1.82, 2.24) is 14.3 Å². The highest BCUT2D eigenvalue weighted by Crippen LogP contribution is 2.13. The zero-order valence-corrected chi connectivity index (χ0v) is 13.6. The normalized spacial score (nSPS) is 11.6. The number of rotatable bonds is 5. The van der Waals surface area contributed by atoms with Crippen LogP contribution < -0.4 is 5.56 Å². The molecule has 3 rings (SSSR count). The molecule has 0 N–H and O–H groups in total. The van der Waals surface area contributed by atoms with E-state index < -0.39 is 0 Å². The average Bonchev–Trinajstić information content (AvgIpc) is 2.96. The van der Waals surface area contributed by atoms with E-state index in [2.05, 4.69) is 48.0 Å². The van der Waals surface area contributed by atoms with Gasteiger partial charge < -0.3 is 0 Å². The lowest BCUT2D eigenvalue weighted by Gasteiger charge is -2.26. The highest BCUT2D eigenvalue weighted by molar-refractivity contribution is 7.15. The van der Waals surface area contributed by atoms with Crippen LogP contribution in [-0.4, -0.2) is 20.3 Å². The van der Waals surface area contributed by atoms with Crippen LogP contribution >= 0.6 is 11.3 Å². The third-order valence-electron chi connectivity index (χ3n) is 3.68. The molecule has 2 heterocycles. The van der Waals surface area contributed by atoms with Crippen molar-refractivity contribution in [2.24, 2.45) is 0 Å². The van der Waals surface area contributed by atoms with Gasteiger partial charge in [0.15, 0.2) is 4.96 Å². The predicted octanol–water partition coefficient (Wildman–Crippen LogP) is 3.17. The summed E-state index contributed by atoms with van der Waals surface area (Å²) in [6, 6.07) is 12.4. The van der Waals surface area contributed by atoms with Gasteiger partial charge in [-0.15, -0.1) is 11.3 Å². The van der Waals surface area contributed by atoms with E-state index in [9.17, 15) is 4.79 Å². The Hall–Kier alpha value is -1.98. The van der Waals surface area contributed by atoms with E-state index in [0.29, 0.717) is 12.6 Å². The Labute approximate surface area is 133 Å². The van der Waals surface area contributed by atoms with Gasteiger partial charge in [-0.3, -0.25) is 14.1 Å². The quantitative estimate of drug-likeness (QED) is 0.726. The van der Waals surface area contributed by atoms with Gasteiger partial charge in [0, 0.05) is 36.8 Å². The van der Waals surface area contributed by atoms with Crippen molar-refractivity contribution in [1.29, 1.82) is 0 Å². The summed E-state index contributed by atoms with van der Waals surface area (Å²) in [4.78, 5) is 19.8. The van der Waals surface area contributed by atoms with E-state index >= 15 is 0 Å². The van der Waals surface area contributed by atoms with Crippen molar-refractivity contribution in [2.45, 2.75) is 33.0 Å². The Balaban J connectivity index is 1.84. The molecule has 0 saturated heterocycles. The summed E-state index contributed by atoms with van der Waals surface area (Å²) in [6.07, 6.45) is 1.77. The molecule has 0 spiro atoms. The van der Waals surface area contributed by atoms with Gasteiger partial charge in [0.05, 0.1) is 5.69 Å². The molecule has 3 aromatic rings. The molecule has 0 unspecified atom stereocenters. The highest BCUT2D eigenvalue weighted by Gasteiger charge is 2.13. The lowest BCUT2D eigenvalue weighted by molar-refractivity contribution is 0.201. The first kappa shape index (κ1) is 14.9. The molecule has 22 heavy (non-hydrogen) atoms. The zero-order valence-electron chi connectivity index (χ0n) is 12.8. The van der Waals surface area contributed by atoms with Gasteiger partial charge in [-0.2, -0.15) is 0 Å². The summed E-state index contributed by atoms with van der Waals surface area (Å²) in [5.41, 5.74) is 2.09. The minimum absolute atomic E-state index is 0.00957. The van der Waals surface area contributed by atoms with Crippen LogP contribution in [0.25, 0.3) is 4.96 Å². The topological polar surface area (TPSA) is 37.6 Å². The van der Waals surface area contributed by atoms with Crippen molar-refractivity contribution in [3.05, 3.63) is 69.6 Å². The zero-order chi connectivity index (χ0) is 15.5. The number of aromatic nitrogens is 2. The van der Waals surface area contributed by atoms with Gasteiger partial charge in [0.1, 0.15) is 0 Å². The van der Waals surface area contributed by atoms with E-state index in [-0.39, 0.29) is 5.56 Å². The van der Waals surface area contributed by atoms with Crippen LogP contribution in [0.3, 0.4) is 0 Å². The second-order valence-corrected chi connectivity index (χ2v) is 6.50. The van der Waals surface area contributed by atoms with Gasteiger partial charge in [-0.1, -0.05) is 30.3 Å². The smallest absolute Gasteiger partial charge is 0.258 e. The van der Waals surface area contributed by atoms with E-state index in [1.54, 1.807) is 16.7 Å². The van der Waals surface area contributed by atoms with E-state index in [1.165, 1.54) is 16.9 Å². The summed E-state index contributed by atoms with van der Waals surface area (Å²) in [5, 5.41) is 1.89. The van der Waals surface area contributed by atoms with Gasteiger partial charge in [0.25, 0.3) is 5.56 Å². The van der Waals surface area contributed by atoms with Gasteiger partial charge >= 0.3 is 0 Å². The lowest BCUT2D eigenvalue weighted by atomic mass is 10.2. The predicted molar refractivity (Wildman–Crippen MR) is 90.2 cm³/mol. The number of fused-ring (bicyclic) bond motifs is 1. The molecule has 0 atom stereocenters. The Morgan fingerprint density at radius 3 is 2.73 bits per heavy atom. The Kier molecular flexibility index (Phi) is 4.36. The molecule has 0 bridgehead atoms. The largest absolute Gasteiger partial charge is 0.291 e. The molecule has 0 fully saturated rings. The van der Waals surface area contributed by atoms with Crippen LogP contribution in [0.5, 0.6) is 0 Å². The van der Waals surface area contributed by atoms with Crippen LogP contribution in [0.4, 0.5) is 0 Å². The lowest BCUT2D eigenvalue weighted by Crippen LogP contribution is -2.31.